The molecule has 1 aromatic carbocycles. The average molecular weight is 1500 g/mol. The number of halogens is 4. The summed E-state index contributed by atoms with van der Waals surface area (Å²) in [7, 11) is 8.64. The fraction of sp³-hybridized carbons (Fsp3) is 0.760. The van der Waals surface area contributed by atoms with E-state index in [0.29, 0.717) is 32.1 Å². The normalized spacial score (nSPS) is 28.7. The van der Waals surface area contributed by atoms with Gasteiger partial charge in [0.05, 0.1) is 42.9 Å². The predicted octanol–water partition coefficient (Wildman–Crippen LogP) is 5.43. The number of nitrogens with one attached hydrogen (secondary N) is 3. The van der Waals surface area contributed by atoms with Crippen LogP contribution in [-0.2, 0) is 79.6 Å². The number of amides is 12. The van der Waals surface area contributed by atoms with Gasteiger partial charge >= 0.3 is 6.18 Å². The summed E-state index contributed by atoms with van der Waals surface area (Å²) >= 11 is 6.20. The number of likely N-dealkylation sites (N-methyl/N-ethyl adjacent to an activating group) is 6. The molecule has 0 bridgehead atoms. The second kappa shape index (κ2) is 36.6. The summed E-state index contributed by atoms with van der Waals surface area (Å²) in [4.78, 5) is 194. The maximum absolute atomic E-state index is 15.8. The number of nitrogens with zero attached hydrogens (tertiary/aromatic N) is 9. The lowest BCUT2D eigenvalue weighted by Crippen LogP contribution is -2.65. The van der Waals surface area contributed by atoms with E-state index < -0.39 is 178 Å². The molecule has 586 valence electrons. The highest BCUT2D eigenvalue weighted by Crippen LogP contribution is 2.39. The van der Waals surface area contributed by atoms with E-state index in [1.807, 2.05) is 20.8 Å². The second-order valence-corrected chi connectivity index (χ2v) is 31.4. The molecule has 105 heavy (non-hydrogen) atoms. The molecule has 3 saturated carbocycles. The highest BCUT2D eigenvalue weighted by Gasteiger charge is 2.53. The second-order valence-electron chi connectivity index (χ2n) is 31.0. The van der Waals surface area contributed by atoms with E-state index in [4.69, 9.17) is 21.1 Å². The van der Waals surface area contributed by atoms with Gasteiger partial charge in [0.15, 0.2) is 0 Å². The van der Waals surface area contributed by atoms with Gasteiger partial charge in [-0.2, -0.15) is 13.2 Å². The van der Waals surface area contributed by atoms with E-state index in [1.165, 1.54) is 94.5 Å². The molecule has 1 spiro atoms. The van der Waals surface area contributed by atoms with Crippen molar-refractivity contribution >= 4 is 82.5 Å². The number of hydrogen-bond acceptors (Lipinski definition) is 14. The lowest BCUT2D eigenvalue weighted by atomic mass is 9.84. The Bertz CT molecular complexity index is 3310. The highest BCUT2D eigenvalue weighted by atomic mass is 35.5. The van der Waals surface area contributed by atoms with Crippen LogP contribution in [0.5, 0.6) is 0 Å². The van der Waals surface area contributed by atoms with Crippen molar-refractivity contribution in [1.82, 2.24) is 60.0 Å². The number of aryl methyl sites for hydroxylation is 1. The van der Waals surface area contributed by atoms with Gasteiger partial charge in [-0.15, -0.1) is 0 Å². The lowest BCUT2D eigenvalue weighted by molar-refractivity contribution is -0.160. The van der Waals surface area contributed by atoms with Gasteiger partial charge in [0, 0.05) is 81.5 Å². The van der Waals surface area contributed by atoms with Gasteiger partial charge in [-0.1, -0.05) is 110 Å². The summed E-state index contributed by atoms with van der Waals surface area (Å²) in [6.07, 6.45) is 2.46. The SMILES string of the molecule is CCO[C@@H]1C[C@H]2C(=O)NC3(CCCC3)C(=O)N(C)[C@@H](C3CCCC3)C(=O)N(C)[C@H](C(=O)N3CCOCC3)CC(=O)N(C)[C@@H](CC(C)C)C(=O)N[C@@H]([C@@H](C)CC)C(=O)N(C)[C@@H](C)C(=O)N3CC[C@H]3C(=O)N(C)[C@@H](CC3CCCCC3)C(=O)N(C)CC(=O)N[C@@H](CCc3ccc(C(F)(F)F)c(Cl)c3)C(=O)N2C1. The number of benzene rings is 1. The van der Waals surface area contributed by atoms with E-state index >= 15 is 38.4 Å². The van der Waals surface area contributed by atoms with Crippen molar-refractivity contribution in [2.75, 3.05) is 94.8 Å². The summed E-state index contributed by atoms with van der Waals surface area (Å²) in [5.41, 5.74) is -2.44. The number of carbonyl (C=O) groups excluding carboxylic acids is 12. The van der Waals surface area contributed by atoms with E-state index in [0.717, 1.165) is 62.0 Å². The fourth-order valence-corrected chi connectivity index (χ4v) is 16.9. The number of carbonyl (C=O) groups is 12. The van der Waals surface area contributed by atoms with Crippen molar-refractivity contribution < 1.29 is 80.2 Å². The molecular formula is C75H114ClF3N12O14. The molecule has 11 atom stereocenters. The summed E-state index contributed by atoms with van der Waals surface area (Å²) in [6, 6.07) is -8.16. The monoisotopic (exact) mass is 1500 g/mol. The first kappa shape index (κ1) is 83.5. The van der Waals surface area contributed by atoms with Crippen molar-refractivity contribution in [3.63, 3.8) is 0 Å². The number of ether oxygens (including phenoxy) is 2. The van der Waals surface area contributed by atoms with Gasteiger partial charge in [-0.25, -0.2) is 0 Å². The molecule has 0 aromatic heterocycles. The van der Waals surface area contributed by atoms with Crippen LogP contribution in [0.2, 0.25) is 5.02 Å². The van der Waals surface area contributed by atoms with Crippen molar-refractivity contribution in [1.29, 1.82) is 0 Å². The standard InChI is InChI=1S/C75H114ClF3N12O14/c1-13-46(5)62-71(101)84(8)47(6)66(96)90-33-30-55(90)69(99)86(10)58(40-48-22-16-15-17-23-48)68(98)83(7)44-60(92)80-54(29-27-49-26-28-52(53(76)39-49)75(77,78)79)67(97)91-43-51(105-14-2)41-57(91)65(95)82-74(31-20-21-32-74)73(103)88(12)63(50-24-18-19-25-50)72(102)87(11)59(70(100)89-34-36-104-37-35-89)42-61(93)85(9)56(38-45(3)4)64(94)81-62/h26,28,39,45-48,50-51,54-59,62-63H,13-25,27,29-38,40-44H2,1-12H3,(H,80,92)(H,81,94)(H,82,95)/t46-,47-,51+,54-,55-,56-,57-,58-,59-,62-,63-/m0/s1. The fourth-order valence-electron chi connectivity index (χ4n) is 16.6. The number of morpholine rings is 1. The van der Waals surface area contributed by atoms with Crippen LogP contribution in [0.25, 0.3) is 0 Å². The van der Waals surface area contributed by atoms with Crippen molar-refractivity contribution in [2.24, 2.45) is 23.7 Å². The third-order valence-corrected chi connectivity index (χ3v) is 23.8. The van der Waals surface area contributed by atoms with Gasteiger partial charge in [-0.05, 0) is 113 Å². The number of hydrogen-bond donors (Lipinski definition) is 3. The van der Waals surface area contributed by atoms with E-state index in [1.54, 1.807) is 13.8 Å². The van der Waals surface area contributed by atoms with Gasteiger partial charge in [0.2, 0.25) is 70.9 Å². The Hall–Kier alpha value is -7.14. The largest absolute Gasteiger partial charge is 0.417 e. The molecule has 4 saturated heterocycles. The lowest BCUT2D eigenvalue weighted by Gasteiger charge is -2.45. The Morgan fingerprint density at radius 1 is 0.695 bits per heavy atom. The van der Waals surface area contributed by atoms with Crippen molar-refractivity contribution in [3.05, 3.63) is 34.3 Å². The molecule has 3 N–H and O–H groups in total. The zero-order valence-electron chi connectivity index (χ0n) is 63.6. The molecule has 4 heterocycles. The van der Waals surface area contributed by atoms with Gasteiger partial charge < -0.3 is 69.5 Å². The minimum atomic E-state index is -4.78. The summed E-state index contributed by atoms with van der Waals surface area (Å²) < 4.78 is 53.6. The van der Waals surface area contributed by atoms with Crippen molar-refractivity contribution in [2.45, 2.75) is 249 Å². The van der Waals surface area contributed by atoms with Crippen LogP contribution in [0.15, 0.2) is 18.2 Å². The van der Waals surface area contributed by atoms with Gasteiger partial charge in [-0.3, -0.25) is 57.5 Å². The third-order valence-electron chi connectivity index (χ3n) is 23.4. The Balaban J connectivity index is 1.20. The number of alkyl halides is 3. The Morgan fingerprint density at radius 2 is 1.34 bits per heavy atom. The van der Waals surface area contributed by atoms with Crippen LogP contribution in [0.4, 0.5) is 13.2 Å². The molecule has 4 aliphatic heterocycles. The van der Waals surface area contributed by atoms with Crippen LogP contribution < -0.4 is 16.0 Å². The predicted molar refractivity (Wildman–Crippen MR) is 384 cm³/mol. The molecule has 0 radical (unpaired) electrons. The molecule has 3 aliphatic carbocycles. The highest BCUT2D eigenvalue weighted by molar-refractivity contribution is 6.31. The number of fused-ring (bicyclic) bond motifs is 2. The Labute approximate surface area is 621 Å². The maximum atomic E-state index is 15.8. The van der Waals surface area contributed by atoms with Gasteiger partial charge in [0.1, 0.15) is 59.9 Å². The first-order chi connectivity index (χ1) is 49.6. The van der Waals surface area contributed by atoms with Gasteiger partial charge in [0.25, 0.3) is 0 Å². The minimum Gasteiger partial charge on any atom is -0.378 e. The molecule has 12 amide bonds. The first-order valence-electron chi connectivity index (χ1n) is 38.1. The topological polar surface area (TPSA) is 289 Å². The smallest absolute Gasteiger partial charge is 0.378 e. The summed E-state index contributed by atoms with van der Waals surface area (Å²) in [5.74, 6) is -9.00. The van der Waals surface area contributed by atoms with E-state index in [2.05, 4.69) is 16.0 Å². The van der Waals surface area contributed by atoms with Crippen LogP contribution in [0.3, 0.4) is 0 Å². The molecule has 1 aromatic rings. The summed E-state index contributed by atoms with van der Waals surface area (Å²) in [5, 5.41) is 8.22. The molecule has 8 rings (SSSR count). The molecule has 0 unspecified atom stereocenters. The minimum absolute atomic E-state index is 0.00775. The molecular weight excluding hydrogens is 1390 g/mol. The molecule has 26 nitrogen and oxygen atoms in total. The van der Waals surface area contributed by atoms with Crippen LogP contribution in [-0.4, -0.2) is 276 Å². The molecule has 7 aliphatic rings. The maximum Gasteiger partial charge on any atom is 0.417 e. The summed E-state index contributed by atoms with van der Waals surface area (Å²) in [6.45, 7) is 10.8. The quantitative estimate of drug-likeness (QED) is 0.222. The zero-order chi connectivity index (χ0) is 77.1. The third kappa shape index (κ3) is 19.8. The van der Waals surface area contributed by atoms with Crippen LogP contribution in [0, 0.1) is 23.7 Å². The van der Waals surface area contributed by atoms with Crippen LogP contribution in [0.1, 0.15) is 181 Å². The zero-order valence-corrected chi connectivity index (χ0v) is 64.3. The van der Waals surface area contributed by atoms with Crippen molar-refractivity contribution in [3.8, 4) is 0 Å². The van der Waals surface area contributed by atoms with E-state index in [9.17, 15) is 32.3 Å². The first-order valence-corrected chi connectivity index (χ1v) is 38.5. The van der Waals surface area contributed by atoms with Crippen LogP contribution >= 0.6 is 11.6 Å². The van der Waals surface area contributed by atoms with E-state index in [-0.39, 0.29) is 115 Å². The Morgan fingerprint density at radius 3 is 1.93 bits per heavy atom. The average Bonchev–Trinajstić information content (AvgIpc) is 1.76. The number of rotatable bonds is 13. The Kier molecular flexibility index (Phi) is 29.1. The molecule has 30 heteroatoms. The molecule has 7 fully saturated rings.